The van der Waals surface area contributed by atoms with Crippen LogP contribution in [-0.4, -0.2) is 21.0 Å². The molecule has 0 saturated carbocycles. The molecule has 2 aromatic rings. The second-order valence-electron chi connectivity index (χ2n) is 3.32. The minimum atomic E-state index is -1.08. The Hall–Kier alpha value is -2.10. The van der Waals surface area contributed by atoms with Crippen LogP contribution in [-0.2, 0) is 0 Å². The Bertz CT molecular complexity index is 486. The molecule has 0 aliphatic carbocycles. The van der Waals surface area contributed by atoms with Crippen LogP contribution in [0.4, 0.5) is 4.79 Å². The largest absolute Gasteiger partial charge is 0.463 e. The third-order valence-corrected chi connectivity index (χ3v) is 2.16. The van der Waals surface area contributed by atoms with E-state index >= 15 is 0 Å². The molecule has 0 fully saturated rings. The molecule has 0 spiro atoms. The summed E-state index contributed by atoms with van der Waals surface area (Å²) in [6.07, 6.45) is 1.96. The monoisotopic (exact) mass is 202 g/mol. The van der Waals surface area contributed by atoms with Gasteiger partial charge in [-0.25, -0.2) is 4.79 Å². The predicted molar refractivity (Wildman–Crippen MR) is 55.8 cm³/mol. The Morgan fingerprint density at radius 3 is 2.47 bits per heavy atom. The van der Waals surface area contributed by atoms with Gasteiger partial charge in [0.15, 0.2) is 0 Å². The maximum atomic E-state index is 10.6. The van der Waals surface area contributed by atoms with Gasteiger partial charge in [-0.3, -0.25) is 0 Å². The van der Waals surface area contributed by atoms with Gasteiger partial charge in [-0.05, 0) is 12.5 Å². The van der Waals surface area contributed by atoms with Gasteiger partial charge in [-0.2, -0.15) is 9.78 Å². The van der Waals surface area contributed by atoms with Gasteiger partial charge in [0.1, 0.15) is 0 Å². The van der Waals surface area contributed by atoms with Crippen LogP contribution in [0.5, 0.6) is 0 Å². The number of carbonyl (C=O) groups is 1. The Morgan fingerprint density at radius 1 is 1.27 bits per heavy atom. The number of hydrogen-bond acceptors (Lipinski definition) is 2. The molecular formula is C11H10N2O2. The average Bonchev–Trinajstić information content (AvgIpc) is 2.68. The van der Waals surface area contributed by atoms with E-state index in [2.05, 4.69) is 5.10 Å². The highest BCUT2D eigenvalue weighted by atomic mass is 16.4. The van der Waals surface area contributed by atoms with Crippen LogP contribution in [0.3, 0.4) is 0 Å². The van der Waals surface area contributed by atoms with Crippen molar-refractivity contribution in [1.82, 2.24) is 9.78 Å². The maximum Gasteiger partial charge on any atom is 0.432 e. The molecule has 1 aromatic heterocycles. The molecule has 0 radical (unpaired) electrons. The van der Waals surface area contributed by atoms with Crippen molar-refractivity contribution in [2.24, 2.45) is 0 Å². The van der Waals surface area contributed by atoms with Crippen LogP contribution < -0.4 is 0 Å². The van der Waals surface area contributed by atoms with E-state index in [9.17, 15) is 4.79 Å². The van der Waals surface area contributed by atoms with Crippen molar-refractivity contribution in [3.05, 3.63) is 42.2 Å². The highest BCUT2D eigenvalue weighted by Crippen LogP contribution is 2.18. The van der Waals surface area contributed by atoms with E-state index in [1.165, 1.54) is 11.8 Å². The average molecular weight is 202 g/mol. The van der Waals surface area contributed by atoms with E-state index in [4.69, 9.17) is 5.11 Å². The minimum Gasteiger partial charge on any atom is -0.463 e. The van der Waals surface area contributed by atoms with E-state index in [0.717, 1.165) is 15.8 Å². The number of nitrogens with zero attached hydrogens (tertiary/aromatic N) is 2. The topological polar surface area (TPSA) is 55.1 Å². The van der Waals surface area contributed by atoms with Gasteiger partial charge in [0, 0.05) is 11.8 Å². The standard InChI is InChI=1S/C11H10N2O2/c1-8-2-4-9(5-3-8)10-6-12-13(7-10)11(14)15/h2-7H,1H3,(H,14,15). The normalized spacial score (nSPS) is 10.2. The van der Waals surface area contributed by atoms with Crippen LogP contribution in [0.1, 0.15) is 5.56 Å². The van der Waals surface area contributed by atoms with Crippen molar-refractivity contribution in [1.29, 1.82) is 0 Å². The molecule has 0 atom stereocenters. The van der Waals surface area contributed by atoms with Crippen molar-refractivity contribution in [2.45, 2.75) is 6.92 Å². The first-order valence-electron chi connectivity index (χ1n) is 4.52. The zero-order valence-corrected chi connectivity index (χ0v) is 8.21. The molecule has 2 rings (SSSR count). The first-order chi connectivity index (χ1) is 7.16. The van der Waals surface area contributed by atoms with Crippen LogP contribution in [0.25, 0.3) is 11.1 Å². The number of benzene rings is 1. The lowest BCUT2D eigenvalue weighted by Crippen LogP contribution is -2.07. The van der Waals surface area contributed by atoms with E-state index < -0.39 is 6.09 Å². The molecule has 0 aliphatic rings. The lowest BCUT2D eigenvalue weighted by atomic mass is 10.1. The Labute approximate surface area is 86.8 Å². The summed E-state index contributed by atoms with van der Waals surface area (Å²) in [5.41, 5.74) is 2.94. The van der Waals surface area contributed by atoms with Gasteiger partial charge in [0.25, 0.3) is 0 Å². The number of aryl methyl sites for hydroxylation is 1. The first kappa shape index (κ1) is 9.45. The van der Waals surface area contributed by atoms with Crippen LogP contribution in [0, 0.1) is 6.92 Å². The third kappa shape index (κ3) is 1.88. The van der Waals surface area contributed by atoms with Crippen LogP contribution in [0.15, 0.2) is 36.7 Å². The lowest BCUT2D eigenvalue weighted by molar-refractivity contribution is 0.192. The summed E-state index contributed by atoms with van der Waals surface area (Å²) in [4.78, 5) is 10.6. The second-order valence-corrected chi connectivity index (χ2v) is 3.32. The molecular weight excluding hydrogens is 192 g/mol. The third-order valence-electron chi connectivity index (χ3n) is 2.16. The molecule has 1 heterocycles. The fraction of sp³-hybridized carbons (Fsp3) is 0.0909. The summed E-state index contributed by atoms with van der Waals surface area (Å²) in [6, 6.07) is 7.85. The quantitative estimate of drug-likeness (QED) is 0.772. The summed E-state index contributed by atoms with van der Waals surface area (Å²) >= 11 is 0. The van der Waals surface area contributed by atoms with Gasteiger partial charge < -0.3 is 5.11 Å². The maximum absolute atomic E-state index is 10.6. The Morgan fingerprint density at radius 2 is 1.93 bits per heavy atom. The van der Waals surface area contributed by atoms with Crippen molar-refractivity contribution in [3.8, 4) is 11.1 Å². The molecule has 0 bridgehead atoms. The zero-order valence-electron chi connectivity index (χ0n) is 8.21. The summed E-state index contributed by atoms with van der Waals surface area (Å²) in [7, 11) is 0. The summed E-state index contributed by atoms with van der Waals surface area (Å²) < 4.78 is 0.898. The summed E-state index contributed by atoms with van der Waals surface area (Å²) in [5.74, 6) is 0. The summed E-state index contributed by atoms with van der Waals surface area (Å²) in [6.45, 7) is 2.00. The summed E-state index contributed by atoms with van der Waals surface area (Å²) in [5, 5.41) is 12.4. The molecule has 1 aromatic carbocycles. The number of rotatable bonds is 1. The number of hydrogen-bond donors (Lipinski definition) is 1. The fourth-order valence-corrected chi connectivity index (χ4v) is 1.32. The van der Waals surface area contributed by atoms with Crippen molar-refractivity contribution < 1.29 is 9.90 Å². The highest BCUT2D eigenvalue weighted by molar-refractivity contribution is 5.70. The van der Waals surface area contributed by atoms with E-state index in [1.807, 2.05) is 31.2 Å². The molecule has 4 nitrogen and oxygen atoms in total. The number of aromatic nitrogens is 2. The Balaban J connectivity index is 2.37. The SMILES string of the molecule is Cc1ccc(-c2cnn(C(=O)O)c2)cc1. The van der Waals surface area contributed by atoms with E-state index in [0.29, 0.717) is 0 Å². The first-order valence-corrected chi connectivity index (χ1v) is 4.52. The molecule has 4 heteroatoms. The molecule has 1 N–H and O–H groups in total. The molecule has 0 aliphatic heterocycles. The van der Waals surface area contributed by atoms with E-state index in [1.54, 1.807) is 6.20 Å². The molecule has 0 saturated heterocycles. The van der Waals surface area contributed by atoms with Crippen LogP contribution in [0.2, 0.25) is 0 Å². The molecule has 0 unspecified atom stereocenters. The second kappa shape index (κ2) is 3.57. The van der Waals surface area contributed by atoms with Crippen molar-refractivity contribution in [3.63, 3.8) is 0 Å². The number of carboxylic acid groups (broad SMARTS) is 1. The highest BCUT2D eigenvalue weighted by Gasteiger charge is 2.05. The van der Waals surface area contributed by atoms with Crippen LogP contribution >= 0.6 is 0 Å². The fourth-order valence-electron chi connectivity index (χ4n) is 1.32. The Kier molecular flexibility index (Phi) is 2.25. The zero-order chi connectivity index (χ0) is 10.8. The minimum absolute atomic E-state index is 0.803. The van der Waals surface area contributed by atoms with Gasteiger partial charge in [-0.15, -0.1) is 0 Å². The van der Waals surface area contributed by atoms with Gasteiger partial charge in [-0.1, -0.05) is 29.8 Å². The van der Waals surface area contributed by atoms with Gasteiger partial charge in [0.2, 0.25) is 0 Å². The van der Waals surface area contributed by atoms with Gasteiger partial charge >= 0.3 is 6.09 Å². The smallest absolute Gasteiger partial charge is 0.432 e. The van der Waals surface area contributed by atoms with E-state index in [-0.39, 0.29) is 0 Å². The van der Waals surface area contributed by atoms with Crippen molar-refractivity contribution in [2.75, 3.05) is 0 Å². The van der Waals surface area contributed by atoms with Gasteiger partial charge in [0.05, 0.1) is 6.20 Å². The molecule has 76 valence electrons. The van der Waals surface area contributed by atoms with Crippen molar-refractivity contribution >= 4 is 6.09 Å². The molecule has 0 amide bonds. The predicted octanol–water partition coefficient (Wildman–Crippen LogP) is 2.38. The lowest BCUT2D eigenvalue weighted by Gasteiger charge is -1.96. The molecule has 15 heavy (non-hydrogen) atoms.